The van der Waals surface area contributed by atoms with Gasteiger partial charge < -0.3 is 24.7 Å². The van der Waals surface area contributed by atoms with Gasteiger partial charge in [0.1, 0.15) is 12.3 Å². The number of aliphatic imine (C=N–C) groups is 1. The number of benzene rings is 1. The van der Waals surface area contributed by atoms with Crippen molar-refractivity contribution in [3.63, 3.8) is 0 Å². The largest absolute Gasteiger partial charge is 0.506 e. The summed E-state index contributed by atoms with van der Waals surface area (Å²) >= 11 is 0. The number of hydrogen-bond donors (Lipinski definition) is 2. The molecule has 1 aromatic heterocycles. The molecule has 0 aliphatic carbocycles. The van der Waals surface area contributed by atoms with Crippen molar-refractivity contribution in [2.45, 2.75) is 20.4 Å². The van der Waals surface area contributed by atoms with E-state index in [9.17, 15) is 5.11 Å². The summed E-state index contributed by atoms with van der Waals surface area (Å²) in [5.74, 6) is 2.30. The van der Waals surface area contributed by atoms with Crippen LogP contribution in [0.5, 0.6) is 5.75 Å². The lowest BCUT2D eigenvalue weighted by molar-refractivity contribution is 0.361. The zero-order valence-electron chi connectivity index (χ0n) is 14.6. The van der Waals surface area contributed by atoms with Crippen LogP contribution in [0.3, 0.4) is 0 Å². The van der Waals surface area contributed by atoms with Gasteiger partial charge in [0.25, 0.3) is 0 Å². The Hall–Kier alpha value is -2.77. The first-order chi connectivity index (χ1) is 12.2. The molecule has 1 aromatic carbocycles. The van der Waals surface area contributed by atoms with E-state index >= 15 is 0 Å². The van der Waals surface area contributed by atoms with Crippen molar-refractivity contribution in [2.24, 2.45) is 4.99 Å². The number of piperazine rings is 1. The quantitative estimate of drug-likeness (QED) is 0.639. The highest BCUT2D eigenvalue weighted by Gasteiger charge is 2.21. The van der Waals surface area contributed by atoms with Gasteiger partial charge in [0.15, 0.2) is 11.8 Å². The molecule has 1 aliphatic heterocycles. The molecule has 0 spiro atoms. The van der Waals surface area contributed by atoms with E-state index in [-0.39, 0.29) is 0 Å². The molecule has 3 rings (SSSR count). The van der Waals surface area contributed by atoms with Crippen LogP contribution in [-0.4, -0.2) is 58.8 Å². The minimum absolute atomic E-state index is 0.322. The maximum Gasteiger partial charge on any atom is 0.248 e. The molecule has 0 unspecified atom stereocenters. The number of rotatable bonds is 4. The van der Waals surface area contributed by atoms with E-state index in [1.807, 2.05) is 25.1 Å². The van der Waals surface area contributed by atoms with Crippen molar-refractivity contribution in [1.29, 1.82) is 0 Å². The lowest BCUT2D eigenvalue weighted by Crippen LogP contribution is -2.52. The molecule has 1 aliphatic rings. The van der Waals surface area contributed by atoms with Crippen LogP contribution >= 0.6 is 0 Å². The summed E-state index contributed by atoms with van der Waals surface area (Å²) in [7, 11) is 0. The first-order valence-corrected chi connectivity index (χ1v) is 8.52. The van der Waals surface area contributed by atoms with Gasteiger partial charge in [-0.15, -0.1) is 0 Å². The van der Waals surface area contributed by atoms with E-state index < -0.39 is 0 Å². The van der Waals surface area contributed by atoms with Crippen LogP contribution in [0.15, 0.2) is 33.8 Å². The fourth-order valence-corrected chi connectivity index (χ4v) is 2.86. The molecule has 2 N–H and O–H groups in total. The highest BCUT2D eigenvalue weighted by Crippen LogP contribution is 2.27. The molecular formula is C17H24N6O2. The van der Waals surface area contributed by atoms with Crippen molar-refractivity contribution < 1.29 is 9.63 Å². The van der Waals surface area contributed by atoms with Gasteiger partial charge in [0.05, 0.1) is 5.69 Å². The Labute approximate surface area is 147 Å². The SMILES string of the molecule is CCNC(=NCc1nc(C)no1)N1CCN(c2ccccc2O)CC1. The Bertz CT molecular complexity index is 721. The second-order valence-electron chi connectivity index (χ2n) is 5.87. The minimum atomic E-state index is 0.322. The lowest BCUT2D eigenvalue weighted by atomic mass is 10.2. The Morgan fingerprint density at radius 3 is 2.68 bits per heavy atom. The third-order valence-electron chi connectivity index (χ3n) is 4.07. The van der Waals surface area contributed by atoms with Crippen molar-refractivity contribution in [3.8, 4) is 5.75 Å². The smallest absolute Gasteiger partial charge is 0.248 e. The molecule has 0 saturated carbocycles. The van der Waals surface area contributed by atoms with Crippen molar-refractivity contribution >= 4 is 11.6 Å². The minimum Gasteiger partial charge on any atom is -0.506 e. The van der Waals surface area contributed by atoms with E-state index in [1.54, 1.807) is 13.0 Å². The predicted molar refractivity (Wildman–Crippen MR) is 95.7 cm³/mol. The number of guanidine groups is 1. The highest BCUT2D eigenvalue weighted by atomic mass is 16.5. The zero-order chi connectivity index (χ0) is 17.6. The maximum atomic E-state index is 10.0. The number of hydrogen-bond acceptors (Lipinski definition) is 6. The standard InChI is InChI=1S/C17H24N6O2/c1-3-18-17(19-12-16-20-13(2)21-25-16)23-10-8-22(9-11-23)14-6-4-5-7-15(14)24/h4-7,24H,3,8-12H2,1-2H3,(H,18,19). The third kappa shape index (κ3) is 4.20. The first-order valence-electron chi connectivity index (χ1n) is 8.52. The van der Waals surface area contributed by atoms with E-state index in [0.29, 0.717) is 24.0 Å². The molecule has 1 saturated heterocycles. The van der Waals surface area contributed by atoms with Crippen LogP contribution in [0.25, 0.3) is 0 Å². The zero-order valence-corrected chi connectivity index (χ0v) is 14.6. The van der Waals surface area contributed by atoms with Gasteiger partial charge in [-0.2, -0.15) is 4.98 Å². The number of nitrogens with one attached hydrogen (secondary N) is 1. The Balaban J connectivity index is 1.63. The number of phenolic OH excluding ortho intramolecular Hbond substituents is 1. The Morgan fingerprint density at radius 1 is 1.28 bits per heavy atom. The highest BCUT2D eigenvalue weighted by molar-refractivity contribution is 5.80. The number of aromatic hydroxyl groups is 1. The van der Waals surface area contributed by atoms with Gasteiger partial charge in [-0.25, -0.2) is 4.99 Å². The lowest BCUT2D eigenvalue weighted by Gasteiger charge is -2.37. The molecule has 2 heterocycles. The number of phenols is 1. The van der Waals surface area contributed by atoms with Gasteiger partial charge in [-0.1, -0.05) is 17.3 Å². The third-order valence-corrected chi connectivity index (χ3v) is 4.07. The normalized spacial score (nSPS) is 15.5. The molecule has 25 heavy (non-hydrogen) atoms. The molecule has 0 bridgehead atoms. The molecule has 0 radical (unpaired) electrons. The average Bonchev–Trinajstić information content (AvgIpc) is 3.05. The number of aryl methyl sites for hydroxylation is 1. The molecule has 8 nitrogen and oxygen atoms in total. The summed E-state index contributed by atoms with van der Waals surface area (Å²) in [6.07, 6.45) is 0. The van der Waals surface area contributed by atoms with E-state index in [1.165, 1.54) is 0 Å². The van der Waals surface area contributed by atoms with E-state index in [2.05, 4.69) is 30.2 Å². The summed E-state index contributed by atoms with van der Waals surface area (Å²) < 4.78 is 5.12. The van der Waals surface area contributed by atoms with Gasteiger partial charge in [0, 0.05) is 32.7 Å². The fraction of sp³-hybridized carbons (Fsp3) is 0.471. The van der Waals surface area contributed by atoms with Crippen LogP contribution in [0, 0.1) is 6.92 Å². The Morgan fingerprint density at radius 2 is 2.04 bits per heavy atom. The molecule has 8 heteroatoms. The van der Waals surface area contributed by atoms with Crippen LogP contribution in [0.1, 0.15) is 18.6 Å². The van der Waals surface area contributed by atoms with Gasteiger partial charge in [-0.3, -0.25) is 0 Å². The summed E-state index contributed by atoms with van der Waals surface area (Å²) in [6, 6.07) is 7.45. The van der Waals surface area contributed by atoms with Gasteiger partial charge in [-0.05, 0) is 26.0 Å². The average molecular weight is 344 g/mol. The maximum absolute atomic E-state index is 10.0. The summed E-state index contributed by atoms with van der Waals surface area (Å²) in [4.78, 5) is 13.2. The molecule has 0 atom stereocenters. The summed E-state index contributed by atoms with van der Waals surface area (Å²) in [5.41, 5.74) is 0.880. The Kier molecular flexibility index (Phi) is 5.37. The van der Waals surface area contributed by atoms with E-state index in [4.69, 9.17) is 4.52 Å². The predicted octanol–water partition coefficient (Wildman–Crippen LogP) is 1.37. The van der Waals surface area contributed by atoms with Crippen LogP contribution in [0.2, 0.25) is 0 Å². The second kappa shape index (κ2) is 7.87. The monoisotopic (exact) mass is 344 g/mol. The van der Waals surface area contributed by atoms with Crippen LogP contribution in [-0.2, 0) is 6.54 Å². The fourth-order valence-electron chi connectivity index (χ4n) is 2.86. The summed E-state index contributed by atoms with van der Waals surface area (Å²) in [6.45, 7) is 8.28. The molecular weight excluding hydrogens is 320 g/mol. The number of aromatic nitrogens is 2. The van der Waals surface area contributed by atoms with Gasteiger partial charge in [0.2, 0.25) is 5.89 Å². The molecule has 1 fully saturated rings. The van der Waals surface area contributed by atoms with Crippen molar-refractivity contribution in [3.05, 3.63) is 36.0 Å². The molecule has 134 valence electrons. The second-order valence-corrected chi connectivity index (χ2v) is 5.87. The number of para-hydroxylation sites is 2. The number of nitrogens with zero attached hydrogens (tertiary/aromatic N) is 5. The molecule has 2 aromatic rings. The van der Waals surface area contributed by atoms with Crippen molar-refractivity contribution in [1.82, 2.24) is 20.4 Å². The van der Waals surface area contributed by atoms with E-state index in [0.717, 1.165) is 44.4 Å². The van der Waals surface area contributed by atoms with Crippen LogP contribution < -0.4 is 10.2 Å². The topological polar surface area (TPSA) is 90.0 Å². The first kappa shape index (κ1) is 17.1. The van der Waals surface area contributed by atoms with Gasteiger partial charge >= 0.3 is 0 Å². The van der Waals surface area contributed by atoms with Crippen molar-refractivity contribution in [2.75, 3.05) is 37.6 Å². The number of anilines is 1. The molecule has 0 amide bonds. The summed E-state index contributed by atoms with van der Waals surface area (Å²) in [5, 5.41) is 17.1. The van der Waals surface area contributed by atoms with Crippen LogP contribution in [0.4, 0.5) is 5.69 Å².